The number of benzene rings is 1. The first kappa shape index (κ1) is 20.8. The van der Waals surface area contributed by atoms with Gasteiger partial charge in [-0.1, -0.05) is 30.3 Å². The molecule has 1 aliphatic rings. The molecule has 2 N–H and O–H groups in total. The van der Waals surface area contributed by atoms with Gasteiger partial charge in [-0.15, -0.1) is 0 Å². The van der Waals surface area contributed by atoms with Gasteiger partial charge in [0.1, 0.15) is 17.6 Å². The van der Waals surface area contributed by atoms with Crippen LogP contribution in [0.2, 0.25) is 0 Å². The van der Waals surface area contributed by atoms with Crippen molar-refractivity contribution in [3.05, 3.63) is 108 Å². The standard InChI is InChI=1S/C25H20N4O3S/c30-24(31)18-9-2-1-8-17(18)20-11-12-21(32-20)23-22(19-10-4-6-14-27-19)28-25(33)29(23)15-16-7-3-5-13-26-16/h1-14,22-23H,15H2,(H,28,33)(H,30,31)/t22-,23-/m1/s1. The Balaban J connectivity index is 1.56. The van der Waals surface area contributed by atoms with E-state index in [0.29, 0.717) is 28.7 Å². The highest BCUT2D eigenvalue weighted by molar-refractivity contribution is 7.80. The van der Waals surface area contributed by atoms with Crippen LogP contribution in [-0.2, 0) is 6.54 Å². The van der Waals surface area contributed by atoms with Crippen molar-refractivity contribution < 1.29 is 14.3 Å². The molecule has 164 valence electrons. The number of thiocarbonyl (C=S) groups is 1. The van der Waals surface area contributed by atoms with Crippen molar-refractivity contribution in [3.63, 3.8) is 0 Å². The second-order valence-electron chi connectivity index (χ2n) is 7.63. The van der Waals surface area contributed by atoms with Crippen molar-refractivity contribution in [1.82, 2.24) is 20.2 Å². The van der Waals surface area contributed by atoms with Gasteiger partial charge in [-0.3, -0.25) is 9.97 Å². The van der Waals surface area contributed by atoms with Gasteiger partial charge in [0.25, 0.3) is 0 Å². The lowest BCUT2D eigenvalue weighted by atomic mass is 10.0. The smallest absolute Gasteiger partial charge is 0.336 e. The number of aromatic nitrogens is 2. The minimum absolute atomic E-state index is 0.185. The number of carbonyl (C=O) groups is 1. The van der Waals surface area contributed by atoms with Gasteiger partial charge in [-0.2, -0.15) is 0 Å². The number of carboxylic acid groups (broad SMARTS) is 1. The molecule has 33 heavy (non-hydrogen) atoms. The predicted octanol–water partition coefficient (Wildman–Crippen LogP) is 4.61. The van der Waals surface area contributed by atoms with E-state index in [4.69, 9.17) is 16.6 Å². The van der Waals surface area contributed by atoms with E-state index in [2.05, 4.69) is 15.3 Å². The minimum atomic E-state index is -1.00. The van der Waals surface area contributed by atoms with Crippen LogP contribution in [0.5, 0.6) is 0 Å². The van der Waals surface area contributed by atoms with Crippen LogP contribution in [0.25, 0.3) is 11.3 Å². The molecule has 4 aromatic rings. The van der Waals surface area contributed by atoms with E-state index in [9.17, 15) is 9.90 Å². The Labute approximate surface area is 195 Å². The molecule has 1 aliphatic heterocycles. The average molecular weight is 457 g/mol. The fourth-order valence-electron chi connectivity index (χ4n) is 4.09. The molecule has 0 amide bonds. The third-order valence-corrected chi connectivity index (χ3v) is 5.95. The number of hydrogen-bond donors (Lipinski definition) is 2. The molecule has 0 radical (unpaired) electrons. The number of nitrogens with one attached hydrogen (secondary N) is 1. The third kappa shape index (κ3) is 4.08. The van der Waals surface area contributed by atoms with Crippen molar-refractivity contribution in [2.45, 2.75) is 18.6 Å². The molecule has 3 aromatic heterocycles. The molecule has 8 heteroatoms. The summed E-state index contributed by atoms with van der Waals surface area (Å²) in [5.74, 6) is 0.137. The van der Waals surface area contributed by atoms with Crippen LogP contribution >= 0.6 is 12.2 Å². The number of rotatable bonds is 6. The van der Waals surface area contributed by atoms with Crippen LogP contribution < -0.4 is 5.32 Å². The Kier molecular flexibility index (Phi) is 5.58. The summed E-state index contributed by atoms with van der Waals surface area (Å²) in [4.78, 5) is 22.7. The summed E-state index contributed by atoms with van der Waals surface area (Å²) in [7, 11) is 0. The van der Waals surface area contributed by atoms with Gasteiger partial charge in [0, 0.05) is 18.0 Å². The zero-order valence-electron chi connectivity index (χ0n) is 17.5. The highest BCUT2D eigenvalue weighted by atomic mass is 32.1. The SMILES string of the molecule is O=C(O)c1ccccc1-c1ccc([C@@H]2[C@@H](c3ccccn3)NC(=S)N2Cc2ccccn2)o1. The fourth-order valence-corrected chi connectivity index (χ4v) is 4.40. The van der Waals surface area contributed by atoms with Gasteiger partial charge in [0.15, 0.2) is 5.11 Å². The average Bonchev–Trinajstić information content (AvgIpc) is 3.45. The van der Waals surface area contributed by atoms with E-state index >= 15 is 0 Å². The van der Waals surface area contributed by atoms with Crippen LogP contribution in [0, 0.1) is 0 Å². The second kappa shape index (κ2) is 8.84. The largest absolute Gasteiger partial charge is 0.478 e. The lowest BCUT2D eigenvalue weighted by molar-refractivity contribution is 0.0697. The van der Waals surface area contributed by atoms with Crippen molar-refractivity contribution >= 4 is 23.3 Å². The molecule has 0 saturated carbocycles. The van der Waals surface area contributed by atoms with Gasteiger partial charge < -0.3 is 19.7 Å². The molecule has 0 bridgehead atoms. The Bertz CT molecular complexity index is 1290. The molecular formula is C25H20N4O3S. The van der Waals surface area contributed by atoms with Gasteiger partial charge in [-0.25, -0.2) is 4.79 Å². The first-order valence-electron chi connectivity index (χ1n) is 10.4. The normalized spacial score (nSPS) is 17.7. The fraction of sp³-hybridized carbons (Fsp3) is 0.120. The van der Waals surface area contributed by atoms with E-state index in [1.165, 1.54) is 0 Å². The third-order valence-electron chi connectivity index (χ3n) is 5.60. The summed E-state index contributed by atoms with van der Waals surface area (Å²) in [5.41, 5.74) is 2.41. The summed E-state index contributed by atoms with van der Waals surface area (Å²) in [5, 5.41) is 13.5. The number of nitrogens with zero attached hydrogens (tertiary/aromatic N) is 3. The number of furan rings is 1. The topological polar surface area (TPSA) is 91.5 Å². The molecule has 7 nitrogen and oxygen atoms in total. The maximum absolute atomic E-state index is 11.7. The summed E-state index contributed by atoms with van der Waals surface area (Å²) in [6, 6.07) is 21.4. The highest BCUT2D eigenvalue weighted by Gasteiger charge is 2.42. The van der Waals surface area contributed by atoms with Crippen molar-refractivity contribution in [3.8, 4) is 11.3 Å². The van der Waals surface area contributed by atoms with E-state index in [0.717, 1.165) is 11.4 Å². The van der Waals surface area contributed by atoms with Crippen LogP contribution in [0.3, 0.4) is 0 Å². The summed E-state index contributed by atoms with van der Waals surface area (Å²) >= 11 is 5.69. The molecule has 0 unspecified atom stereocenters. The Morgan fingerprint density at radius 3 is 2.48 bits per heavy atom. The summed E-state index contributed by atoms with van der Waals surface area (Å²) < 4.78 is 6.26. The molecule has 2 atom stereocenters. The van der Waals surface area contributed by atoms with Gasteiger partial charge in [0.05, 0.1) is 29.5 Å². The molecule has 4 heterocycles. The van der Waals surface area contributed by atoms with E-state index in [1.807, 2.05) is 47.4 Å². The lowest BCUT2D eigenvalue weighted by Crippen LogP contribution is -2.29. The second-order valence-corrected chi connectivity index (χ2v) is 8.02. The van der Waals surface area contributed by atoms with Gasteiger partial charge in [-0.05, 0) is 54.7 Å². The first-order chi connectivity index (χ1) is 16.1. The number of pyridine rings is 2. The van der Waals surface area contributed by atoms with Crippen LogP contribution in [0.15, 0.2) is 89.6 Å². The number of aromatic carboxylic acids is 1. The predicted molar refractivity (Wildman–Crippen MR) is 126 cm³/mol. The van der Waals surface area contributed by atoms with Gasteiger partial charge >= 0.3 is 5.97 Å². The van der Waals surface area contributed by atoms with Crippen LogP contribution in [0.4, 0.5) is 0 Å². The molecule has 5 rings (SSSR count). The van der Waals surface area contributed by atoms with Crippen molar-refractivity contribution in [2.75, 3.05) is 0 Å². The quantitative estimate of drug-likeness (QED) is 0.407. The van der Waals surface area contributed by atoms with E-state index in [1.54, 1.807) is 42.7 Å². The molecule has 0 spiro atoms. The van der Waals surface area contributed by atoms with E-state index < -0.39 is 5.97 Å². The number of carboxylic acids is 1. The molecule has 1 fully saturated rings. The minimum Gasteiger partial charge on any atom is -0.478 e. The maximum atomic E-state index is 11.7. The molecule has 1 aromatic carbocycles. The Hall–Kier alpha value is -4.04. The number of hydrogen-bond acceptors (Lipinski definition) is 5. The summed E-state index contributed by atoms with van der Waals surface area (Å²) in [6.07, 6.45) is 3.50. The zero-order valence-corrected chi connectivity index (χ0v) is 18.3. The van der Waals surface area contributed by atoms with Crippen molar-refractivity contribution in [2.24, 2.45) is 0 Å². The molecule has 1 saturated heterocycles. The van der Waals surface area contributed by atoms with E-state index in [-0.39, 0.29) is 17.6 Å². The van der Waals surface area contributed by atoms with Crippen LogP contribution in [0.1, 0.15) is 39.6 Å². The zero-order chi connectivity index (χ0) is 22.8. The Morgan fingerprint density at radius 2 is 1.76 bits per heavy atom. The first-order valence-corrected chi connectivity index (χ1v) is 10.8. The highest BCUT2D eigenvalue weighted by Crippen LogP contribution is 2.41. The van der Waals surface area contributed by atoms with Crippen LogP contribution in [-0.4, -0.2) is 31.1 Å². The maximum Gasteiger partial charge on any atom is 0.336 e. The summed E-state index contributed by atoms with van der Waals surface area (Å²) in [6.45, 7) is 0.489. The monoisotopic (exact) mass is 456 g/mol. The molecular weight excluding hydrogens is 436 g/mol. The Morgan fingerprint density at radius 1 is 1.00 bits per heavy atom. The lowest BCUT2D eigenvalue weighted by Gasteiger charge is -2.25. The van der Waals surface area contributed by atoms with Crippen molar-refractivity contribution in [1.29, 1.82) is 0 Å². The molecule has 0 aliphatic carbocycles. The van der Waals surface area contributed by atoms with Gasteiger partial charge in [0.2, 0.25) is 0 Å².